The molecular formula is C26H27ClFN3O2. The molecule has 0 radical (unpaired) electrons. The van der Waals surface area contributed by atoms with Crippen LogP contribution < -0.4 is 10.1 Å². The summed E-state index contributed by atoms with van der Waals surface area (Å²) in [6, 6.07) is 18.8. The lowest BCUT2D eigenvalue weighted by atomic mass is 9.94. The van der Waals surface area contributed by atoms with Gasteiger partial charge in [0.05, 0.1) is 16.8 Å². The summed E-state index contributed by atoms with van der Waals surface area (Å²) in [7, 11) is 0. The van der Waals surface area contributed by atoms with E-state index in [1.54, 1.807) is 18.3 Å². The van der Waals surface area contributed by atoms with E-state index >= 15 is 0 Å². The number of rotatable bonds is 8. The molecule has 2 heterocycles. The summed E-state index contributed by atoms with van der Waals surface area (Å²) in [6.45, 7) is 2.99. The van der Waals surface area contributed by atoms with E-state index in [9.17, 15) is 9.18 Å². The molecule has 0 unspecified atom stereocenters. The average molecular weight is 468 g/mol. The molecule has 1 fully saturated rings. The number of amides is 1. The number of likely N-dealkylation sites (tertiary alicyclic amines) is 1. The van der Waals surface area contributed by atoms with Crippen LogP contribution in [0.15, 0.2) is 72.9 Å². The number of benzene rings is 2. The standard InChI is InChI=1S/C26H27ClFN3O2/c27-22-5-1-2-7-24(22)33-18-17-31-15-12-20(13-16-31)26(32)30-25(23-6-3-4-14-29-23)19-8-10-21(28)11-9-19/h1-11,14,20,25H,12-13,15-18H2,(H,30,32)/t25-/m1/s1. The number of aromatic nitrogens is 1. The predicted octanol–water partition coefficient (Wildman–Crippen LogP) is 4.87. The van der Waals surface area contributed by atoms with Gasteiger partial charge in [0.1, 0.15) is 18.2 Å². The molecule has 4 rings (SSSR count). The summed E-state index contributed by atoms with van der Waals surface area (Å²) < 4.78 is 19.2. The molecule has 33 heavy (non-hydrogen) atoms. The van der Waals surface area contributed by atoms with Crippen molar-refractivity contribution in [3.63, 3.8) is 0 Å². The number of carbonyl (C=O) groups is 1. The lowest BCUT2D eigenvalue weighted by Gasteiger charge is -2.32. The Morgan fingerprint density at radius 1 is 1.09 bits per heavy atom. The molecule has 3 aromatic rings. The van der Waals surface area contributed by atoms with Crippen LogP contribution in [-0.4, -0.2) is 42.0 Å². The van der Waals surface area contributed by atoms with Crippen LogP contribution in [0.5, 0.6) is 5.75 Å². The van der Waals surface area contributed by atoms with Gasteiger partial charge < -0.3 is 10.1 Å². The van der Waals surface area contributed by atoms with Gasteiger partial charge in [0.25, 0.3) is 0 Å². The third-order valence-electron chi connectivity index (χ3n) is 5.93. The quantitative estimate of drug-likeness (QED) is 0.513. The van der Waals surface area contributed by atoms with Gasteiger partial charge in [0.2, 0.25) is 5.91 Å². The van der Waals surface area contributed by atoms with Crippen molar-refractivity contribution in [2.45, 2.75) is 18.9 Å². The number of piperidine rings is 1. The Morgan fingerprint density at radius 3 is 2.52 bits per heavy atom. The van der Waals surface area contributed by atoms with Crippen molar-refractivity contribution >= 4 is 17.5 Å². The van der Waals surface area contributed by atoms with Crippen molar-refractivity contribution in [1.29, 1.82) is 0 Å². The Hall–Kier alpha value is -2.96. The van der Waals surface area contributed by atoms with Crippen LogP contribution in [0.2, 0.25) is 5.02 Å². The van der Waals surface area contributed by atoms with E-state index in [1.807, 2.05) is 42.5 Å². The summed E-state index contributed by atoms with van der Waals surface area (Å²) in [5.74, 6) is 0.310. The first kappa shape index (κ1) is 23.2. The molecule has 0 saturated carbocycles. The second-order valence-electron chi connectivity index (χ2n) is 8.14. The Balaban J connectivity index is 1.30. The van der Waals surface area contributed by atoms with Gasteiger partial charge in [-0.1, -0.05) is 41.9 Å². The van der Waals surface area contributed by atoms with Gasteiger partial charge in [-0.2, -0.15) is 0 Å². The summed E-state index contributed by atoms with van der Waals surface area (Å²) >= 11 is 6.13. The largest absolute Gasteiger partial charge is 0.491 e. The van der Waals surface area contributed by atoms with E-state index in [0.29, 0.717) is 17.4 Å². The molecule has 1 aliphatic heterocycles. The molecule has 1 aromatic heterocycles. The van der Waals surface area contributed by atoms with Crippen molar-refractivity contribution in [3.05, 3.63) is 95.0 Å². The van der Waals surface area contributed by atoms with Crippen LogP contribution in [-0.2, 0) is 4.79 Å². The monoisotopic (exact) mass is 467 g/mol. The van der Waals surface area contributed by atoms with Crippen LogP contribution in [0.3, 0.4) is 0 Å². The van der Waals surface area contributed by atoms with Gasteiger partial charge in [0, 0.05) is 18.7 Å². The van der Waals surface area contributed by atoms with E-state index in [0.717, 1.165) is 43.7 Å². The van der Waals surface area contributed by atoms with Crippen LogP contribution >= 0.6 is 11.6 Å². The zero-order valence-electron chi connectivity index (χ0n) is 18.3. The van der Waals surface area contributed by atoms with Crippen molar-refractivity contribution in [1.82, 2.24) is 15.2 Å². The third kappa shape index (κ3) is 6.30. The molecule has 2 aromatic carbocycles. The maximum absolute atomic E-state index is 13.4. The fourth-order valence-corrected chi connectivity index (χ4v) is 4.25. The summed E-state index contributed by atoms with van der Waals surface area (Å²) in [5.41, 5.74) is 1.53. The van der Waals surface area contributed by atoms with Crippen molar-refractivity contribution < 1.29 is 13.9 Å². The molecule has 1 atom stereocenters. The lowest BCUT2D eigenvalue weighted by Crippen LogP contribution is -2.43. The van der Waals surface area contributed by atoms with Crippen molar-refractivity contribution in [3.8, 4) is 5.75 Å². The number of para-hydroxylation sites is 1. The third-order valence-corrected chi connectivity index (χ3v) is 6.25. The number of ether oxygens (including phenoxy) is 1. The molecule has 7 heteroatoms. The zero-order chi connectivity index (χ0) is 23.0. The van der Waals surface area contributed by atoms with Gasteiger partial charge >= 0.3 is 0 Å². The maximum atomic E-state index is 13.4. The highest BCUT2D eigenvalue weighted by Crippen LogP contribution is 2.25. The van der Waals surface area contributed by atoms with Crippen molar-refractivity contribution in [2.24, 2.45) is 5.92 Å². The van der Waals surface area contributed by atoms with E-state index < -0.39 is 6.04 Å². The average Bonchev–Trinajstić information content (AvgIpc) is 2.85. The van der Waals surface area contributed by atoms with Gasteiger partial charge in [-0.3, -0.25) is 14.7 Å². The van der Waals surface area contributed by atoms with E-state index in [-0.39, 0.29) is 17.6 Å². The number of hydrogen-bond acceptors (Lipinski definition) is 4. The molecule has 0 aliphatic carbocycles. The van der Waals surface area contributed by atoms with E-state index in [1.165, 1.54) is 12.1 Å². The van der Waals surface area contributed by atoms with E-state index in [2.05, 4.69) is 15.2 Å². The topological polar surface area (TPSA) is 54.5 Å². The van der Waals surface area contributed by atoms with Crippen LogP contribution in [0, 0.1) is 11.7 Å². The normalized spacial score (nSPS) is 15.7. The number of nitrogens with one attached hydrogen (secondary N) is 1. The maximum Gasteiger partial charge on any atom is 0.224 e. The second kappa shape index (κ2) is 11.3. The van der Waals surface area contributed by atoms with Gasteiger partial charge in [-0.05, 0) is 67.9 Å². The number of nitrogens with zero attached hydrogens (tertiary/aromatic N) is 2. The fraction of sp³-hybridized carbons (Fsp3) is 0.308. The minimum absolute atomic E-state index is 0.00180. The first-order valence-corrected chi connectivity index (χ1v) is 11.5. The van der Waals surface area contributed by atoms with Gasteiger partial charge in [-0.15, -0.1) is 0 Å². The Bertz CT molecular complexity index is 1040. The van der Waals surface area contributed by atoms with Crippen LogP contribution in [0.25, 0.3) is 0 Å². The SMILES string of the molecule is O=C(N[C@H](c1ccc(F)cc1)c1ccccn1)C1CCN(CCOc2ccccc2Cl)CC1. The van der Waals surface area contributed by atoms with Crippen molar-refractivity contribution in [2.75, 3.05) is 26.2 Å². The highest BCUT2D eigenvalue weighted by molar-refractivity contribution is 6.32. The number of halogens is 2. The number of carbonyl (C=O) groups excluding carboxylic acids is 1. The summed E-state index contributed by atoms with van der Waals surface area (Å²) in [6.07, 6.45) is 3.24. The molecule has 1 amide bonds. The summed E-state index contributed by atoms with van der Waals surface area (Å²) in [4.78, 5) is 19.8. The second-order valence-corrected chi connectivity index (χ2v) is 8.55. The highest BCUT2D eigenvalue weighted by atomic mass is 35.5. The fourth-order valence-electron chi connectivity index (χ4n) is 4.06. The predicted molar refractivity (Wildman–Crippen MR) is 127 cm³/mol. The molecule has 172 valence electrons. The van der Waals surface area contributed by atoms with Gasteiger partial charge in [0.15, 0.2) is 0 Å². The van der Waals surface area contributed by atoms with Crippen LogP contribution in [0.4, 0.5) is 4.39 Å². The number of pyridine rings is 1. The molecule has 1 N–H and O–H groups in total. The molecule has 1 aliphatic rings. The Morgan fingerprint density at radius 2 is 1.82 bits per heavy atom. The van der Waals surface area contributed by atoms with E-state index in [4.69, 9.17) is 16.3 Å². The molecule has 0 bridgehead atoms. The first-order chi connectivity index (χ1) is 16.1. The Labute approximate surface area is 198 Å². The minimum Gasteiger partial charge on any atom is -0.491 e. The zero-order valence-corrected chi connectivity index (χ0v) is 19.0. The summed E-state index contributed by atoms with van der Waals surface area (Å²) in [5, 5.41) is 3.75. The smallest absolute Gasteiger partial charge is 0.224 e. The number of hydrogen-bond donors (Lipinski definition) is 1. The minimum atomic E-state index is -0.415. The highest BCUT2D eigenvalue weighted by Gasteiger charge is 2.27. The van der Waals surface area contributed by atoms with Gasteiger partial charge in [-0.25, -0.2) is 4.39 Å². The van der Waals surface area contributed by atoms with Crippen LogP contribution in [0.1, 0.15) is 30.1 Å². The molecule has 1 saturated heterocycles. The molecule has 0 spiro atoms. The Kier molecular flexibility index (Phi) is 7.92. The molecular weight excluding hydrogens is 441 g/mol. The lowest BCUT2D eigenvalue weighted by molar-refractivity contribution is -0.127. The molecule has 5 nitrogen and oxygen atoms in total. The first-order valence-electron chi connectivity index (χ1n) is 11.2.